The maximum Gasteiger partial charge on any atom is 0.252 e. The molecule has 1 amide bonds. The molecule has 2 unspecified atom stereocenters. The lowest BCUT2D eigenvalue weighted by Gasteiger charge is -2.26. The van der Waals surface area contributed by atoms with Gasteiger partial charge in [0.25, 0.3) is 5.56 Å². The van der Waals surface area contributed by atoms with Crippen LogP contribution in [0.5, 0.6) is 0 Å². The molecule has 5 rings (SSSR count). The first-order chi connectivity index (χ1) is 17.3. The Bertz CT molecular complexity index is 1360. The van der Waals surface area contributed by atoms with Gasteiger partial charge >= 0.3 is 0 Å². The van der Waals surface area contributed by atoms with E-state index in [1.54, 1.807) is 22.9 Å². The van der Waals surface area contributed by atoms with Gasteiger partial charge < -0.3 is 10.2 Å². The molecule has 36 heavy (non-hydrogen) atoms. The van der Waals surface area contributed by atoms with E-state index in [9.17, 15) is 9.59 Å². The van der Waals surface area contributed by atoms with E-state index in [-0.39, 0.29) is 23.6 Å². The van der Waals surface area contributed by atoms with Crippen LogP contribution in [0.25, 0.3) is 16.6 Å². The minimum absolute atomic E-state index is 0.0172. The number of nitrogens with one attached hydrogen (secondary N) is 1. The van der Waals surface area contributed by atoms with E-state index in [0.717, 1.165) is 42.5 Å². The van der Waals surface area contributed by atoms with E-state index in [2.05, 4.69) is 36.3 Å². The fraction of sp³-hybridized carbons (Fsp3) is 0.464. The molecular formula is C28H34N6O2. The van der Waals surface area contributed by atoms with Crippen molar-refractivity contribution in [1.82, 2.24) is 24.4 Å². The Balaban J connectivity index is 1.30. The van der Waals surface area contributed by atoms with Crippen LogP contribution in [0.1, 0.15) is 70.3 Å². The van der Waals surface area contributed by atoms with Crippen molar-refractivity contribution >= 4 is 28.5 Å². The molecule has 1 fully saturated rings. The van der Waals surface area contributed by atoms with Crippen LogP contribution < -0.4 is 10.9 Å². The van der Waals surface area contributed by atoms with Gasteiger partial charge in [-0.05, 0) is 62.3 Å². The fourth-order valence-corrected chi connectivity index (χ4v) is 4.64. The number of hydrogen-bond acceptors (Lipinski definition) is 6. The molecule has 1 aliphatic carbocycles. The molecule has 8 nitrogen and oxygen atoms in total. The monoisotopic (exact) mass is 486 g/mol. The van der Waals surface area contributed by atoms with Crippen LogP contribution in [-0.2, 0) is 4.79 Å². The summed E-state index contributed by atoms with van der Waals surface area (Å²) in [5, 5.41) is 4.17. The first kappa shape index (κ1) is 24.2. The molecule has 3 aromatic rings. The summed E-state index contributed by atoms with van der Waals surface area (Å²) < 4.78 is 1.75. The third kappa shape index (κ3) is 4.90. The minimum atomic E-state index is -0.116. The number of amides is 1. The van der Waals surface area contributed by atoms with Crippen molar-refractivity contribution in [2.24, 2.45) is 11.8 Å². The summed E-state index contributed by atoms with van der Waals surface area (Å²) in [6, 6.07) is 7.37. The van der Waals surface area contributed by atoms with Crippen LogP contribution >= 0.6 is 0 Å². The average molecular weight is 487 g/mol. The van der Waals surface area contributed by atoms with Gasteiger partial charge in [-0.15, -0.1) is 0 Å². The van der Waals surface area contributed by atoms with Crippen LogP contribution in [0.4, 0.5) is 5.95 Å². The molecule has 0 bridgehead atoms. The molecule has 1 saturated carbocycles. The molecule has 3 aromatic heterocycles. The number of hydrogen-bond donors (Lipinski definition) is 1. The molecule has 1 aliphatic heterocycles. The van der Waals surface area contributed by atoms with Gasteiger partial charge in [-0.25, -0.2) is 4.98 Å². The number of aromatic nitrogens is 4. The SMILES string of the molecule is CC(Nc1ncc2ccc(=O)n(C(C)C(C)C)c2n1)c1ccc(C2=CCN(C(=O)C3CC3)CC2)cn1. The Hall–Kier alpha value is -3.55. The minimum Gasteiger partial charge on any atom is -0.346 e. The van der Waals surface area contributed by atoms with E-state index in [4.69, 9.17) is 9.97 Å². The van der Waals surface area contributed by atoms with E-state index >= 15 is 0 Å². The van der Waals surface area contributed by atoms with Gasteiger partial charge in [0, 0.05) is 48.9 Å². The van der Waals surface area contributed by atoms with E-state index in [1.165, 1.54) is 5.57 Å². The van der Waals surface area contributed by atoms with Crippen LogP contribution in [0.3, 0.4) is 0 Å². The third-order valence-corrected chi connectivity index (χ3v) is 7.43. The second-order valence-electron chi connectivity index (χ2n) is 10.4. The van der Waals surface area contributed by atoms with Crippen molar-refractivity contribution in [3.63, 3.8) is 0 Å². The van der Waals surface area contributed by atoms with Crippen molar-refractivity contribution < 1.29 is 4.79 Å². The van der Waals surface area contributed by atoms with E-state index in [0.29, 0.717) is 30.0 Å². The number of pyridine rings is 2. The molecule has 2 atom stereocenters. The Kier molecular flexibility index (Phi) is 6.60. The number of carbonyl (C=O) groups is 1. The standard InChI is InChI=1S/C28H34N6O2/c1-17(2)19(4)34-25(35)10-8-23-16-30-28(32-26(23)34)31-18(3)24-9-7-22(15-29-24)20-11-13-33(14-12-20)27(36)21-5-6-21/h7-11,15-19,21H,5-6,12-14H2,1-4H3,(H,30,31,32). The summed E-state index contributed by atoms with van der Waals surface area (Å²) in [5.41, 5.74) is 3.79. The van der Waals surface area contributed by atoms with Gasteiger partial charge in [-0.2, -0.15) is 4.98 Å². The van der Waals surface area contributed by atoms with E-state index < -0.39 is 0 Å². The largest absolute Gasteiger partial charge is 0.346 e. The average Bonchev–Trinajstić information content (AvgIpc) is 3.74. The molecule has 0 radical (unpaired) electrons. The van der Waals surface area contributed by atoms with Gasteiger partial charge in [0.2, 0.25) is 11.9 Å². The van der Waals surface area contributed by atoms with Gasteiger partial charge in [-0.1, -0.05) is 26.0 Å². The van der Waals surface area contributed by atoms with Crippen molar-refractivity contribution in [2.75, 3.05) is 18.4 Å². The zero-order valence-electron chi connectivity index (χ0n) is 21.4. The Morgan fingerprint density at radius 1 is 1.06 bits per heavy atom. The normalized spacial score (nSPS) is 17.7. The lowest BCUT2D eigenvalue weighted by atomic mass is 10.00. The Morgan fingerprint density at radius 2 is 1.86 bits per heavy atom. The fourth-order valence-electron chi connectivity index (χ4n) is 4.64. The topological polar surface area (TPSA) is 93.0 Å². The highest BCUT2D eigenvalue weighted by Crippen LogP contribution is 2.32. The highest BCUT2D eigenvalue weighted by molar-refractivity contribution is 5.82. The Labute approximate surface area is 211 Å². The van der Waals surface area contributed by atoms with Crippen LogP contribution in [0, 0.1) is 11.8 Å². The molecular weight excluding hydrogens is 452 g/mol. The van der Waals surface area contributed by atoms with Crippen molar-refractivity contribution in [1.29, 1.82) is 0 Å². The molecule has 4 heterocycles. The molecule has 0 aromatic carbocycles. The molecule has 0 spiro atoms. The Morgan fingerprint density at radius 3 is 2.50 bits per heavy atom. The van der Waals surface area contributed by atoms with Crippen LogP contribution in [0.2, 0.25) is 0 Å². The van der Waals surface area contributed by atoms with Gasteiger partial charge in [-0.3, -0.25) is 19.1 Å². The van der Waals surface area contributed by atoms with Gasteiger partial charge in [0.15, 0.2) is 0 Å². The lowest BCUT2D eigenvalue weighted by Crippen LogP contribution is -2.35. The first-order valence-corrected chi connectivity index (χ1v) is 12.9. The smallest absolute Gasteiger partial charge is 0.252 e. The highest BCUT2D eigenvalue weighted by atomic mass is 16.2. The lowest BCUT2D eigenvalue weighted by molar-refractivity contribution is -0.132. The highest BCUT2D eigenvalue weighted by Gasteiger charge is 2.33. The maximum absolute atomic E-state index is 12.6. The van der Waals surface area contributed by atoms with Gasteiger partial charge in [0.1, 0.15) is 5.65 Å². The number of anilines is 1. The number of fused-ring (bicyclic) bond motifs is 1. The predicted octanol–water partition coefficient (Wildman–Crippen LogP) is 4.60. The second-order valence-corrected chi connectivity index (χ2v) is 10.4. The number of nitrogens with zero attached hydrogens (tertiary/aromatic N) is 5. The molecule has 2 aliphatic rings. The zero-order valence-corrected chi connectivity index (χ0v) is 21.4. The predicted molar refractivity (Wildman–Crippen MR) is 142 cm³/mol. The summed E-state index contributed by atoms with van der Waals surface area (Å²) in [7, 11) is 0. The summed E-state index contributed by atoms with van der Waals surface area (Å²) in [6.07, 6.45) is 8.76. The molecule has 8 heteroatoms. The molecule has 188 valence electrons. The van der Waals surface area contributed by atoms with Crippen LogP contribution in [0.15, 0.2) is 47.5 Å². The molecule has 1 N–H and O–H groups in total. The maximum atomic E-state index is 12.6. The summed E-state index contributed by atoms with van der Waals surface area (Å²) >= 11 is 0. The van der Waals surface area contributed by atoms with Gasteiger partial charge in [0.05, 0.1) is 11.7 Å². The van der Waals surface area contributed by atoms with Crippen molar-refractivity contribution in [2.45, 2.75) is 59.0 Å². The first-order valence-electron chi connectivity index (χ1n) is 12.9. The van der Waals surface area contributed by atoms with E-state index in [1.807, 2.05) is 31.0 Å². The zero-order chi connectivity index (χ0) is 25.4. The summed E-state index contributed by atoms with van der Waals surface area (Å²) in [5.74, 6) is 1.34. The summed E-state index contributed by atoms with van der Waals surface area (Å²) in [6.45, 7) is 9.72. The molecule has 0 saturated heterocycles. The van der Waals surface area contributed by atoms with Crippen molar-refractivity contribution in [3.8, 4) is 0 Å². The number of rotatable bonds is 7. The number of carbonyl (C=O) groups excluding carboxylic acids is 1. The quantitative estimate of drug-likeness (QED) is 0.525. The summed E-state index contributed by atoms with van der Waals surface area (Å²) in [4.78, 5) is 40.8. The van der Waals surface area contributed by atoms with Crippen LogP contribution in [-0.4, -0.2) is 43.4 Å². The van der Waals surface area contributed by atoms with Crippen molar-refractivity contribution in [3.05, 3.63) is 64.3 Å². The third-order valence-electron chi connectivity index (χ3n) is 7.43. The second kappa shape index (κ2) is 9.84.